The average molecular weight is 252 g/mol. The highest BCUT2D eigenvalue weighted by atomic mass is 16.5. The number of hydrogen-bond donors (Lipinski definition) is 1. The highest BCUT2D eigenvalue weighted by Crippen LogP contribution is 2.24. The summed E-state index contributed by atoms with van der Waals surface area (Å²) in [5, 5.41) is 7.27. The second-order valence-electron chi connectivity index (χ2n) is 5.29. The molecule has 2 aliphatic heterocycles. The van der Waals surface area contributed by atoms with E-state index in [1.807, 2.05) is 0 Å². The first kappa shape index (κ1) is 12.1. The highest BCUT2D eigenvalue weighted by molar-refractivity contribution is 5.03. The van der Waals surface area contributed by atoms with Crippen molar-refractivity contribution < 1.29 is 9.26 Å². The number of nitrogens with one attached hydrogen (secondary N) is 1. The van der Waals surface area contributed by atoms with Gasteiger partial charge >= 0.3 is 0 Å². The topological polar surface area (TPSA) is 63.4 Å². The van der Waals surface area contributed by atoms with Gasteiger partial charge in [0.25, 0.3) is 0 Å². The Hall–Kier alpha value is -0.980. The Bertz CT molecular complexity index is 403. The third-order valence-corrected chi connectivity index (χ3v) is 3.70. The average Bonchev–Trinajstić information content (AvgIpc) is 2.76. The number of rotatable bonds is 3. The smallest absolute Gasteiger partial charge is 0.232 e. The van der Waals surface area contributed by atoms with E-state index in [2.05, 4.69) is 34.2 Å². The zero-order chi connectivity index (χ0) is 12.5. The van der Waals surface area contributed by atoms with Crippen LogP contribution in [0.2, 0.25) is 0 Å². The van der Waals surface area contributed by atoms with Crippen LogP contribution in [0.15, 0.2) is 4.52 Å². The molecule has 2 saturated heterocycles. The lowest BCUT2D eigenvalue weighted by molar-refractivity contribution is -0.0450. The molecule has 0 amide bonds. The van der Waals surface area contributed by atoms with E-state index in [-0.39, 0.29) is 6.10 Å². The Balaban J connectivity index is 1.67. The van der Waals surface area contributed by atoms with Crippen molar-refractivity contribution in [1.82, 2.24) is 20.4 Å². The Kier molecular flexibility index (Phi) is 3.32. The fourth-order valence-electron chi connectivity index (χ4n) is 2.30. The molecule has 1 aromatic rings. The zero-order valence-electron chi connectivity index (χ0n) is 10.9. The van der Waals surface area contributed by atoms with Crippen molar-refractivity contribution in [3.05, 3.63) is 11.7 Å². The van der Waals surface area contributed by atoms with Crippen molar-refractivity contribution in [2.45, 2.75) is 31.9 Å². The molecule has 2 aliphatic rings. The quantitative estimate of drug-likeness (QED) is 0.847. The van der Waals surface area contributed by atoms with Crippen LogP contribution < -0.4 is 5.32 Å². The predicted molar refractivity (Wildman–Crippen MR) is 65.3 cm³/mol. The van der Waals surface area contributed by atoms with Crippen molar-refractivity contribution in [2.75, 3.05) is 32.8 Å². The summed E-state index contributed by atoms with van der Waals surface area (Å²) in [5.74, 6) is 1.83. The highest BCUT2D eigenvalue weighted by Gasteiger charge is 2.30. The number of morpholine rings is 1. The molecule has 0 radical (unpaired) electrons. The summed E-state index contributed by atoms with van der Waals surface area (Å²) in [4.78, 5) is 6.86. The van der Waals surface area contributed by atoms with Gasteiger partial charge in [-0.05, 0) is 13.8 Å². The molecular weight excluding hydrogens is 232 g/mol. The molecule has 1 N–H and O–H groups in total. The van der Waals surface area contributed by atoms with Crippen molar-refractivity contribution in [3.8, 4) is 0 Å². The van der Waals surface area contributed by atoms with E-state index in [1.165, 1.54) is 0 Å². The Morgan fingerprint density at radius 2 is 2.22 bits per heavy atom. The fraction of sp³-hybridized carbons (Fsp3) is 0.833. The standard InChI is InChI=1S/C12H20N4O2/c1-8(2)16-3-4-17-10(7-16)11-14-12(18-15-11)9-5-13-6-9/h8-10,13H,3-7H2,1-2H3. The summed E-state index contributed by atoms with van der Waals surface area (Å²) in [7, 11) is 0. The first-order valence-corrected chi connectivity index (χ1v) is 6.64. The minimum absolute atomic E-state index is 0.0494. The van der Waals surface area contributed by atoms with Gasteiger partial charge in [-0.1, -0.05) is 5.16 Å². The van der Waals surface area contributed by atoms with Crippen LogP contribution >= 0.6 is 0 Å². The van der Waals surface area contributed by atoms with E-state index in [1.54, 1.807) is 0 Å². The summed E-state index contributed by atoms with van der Waals surface area (Å²) in [6, 6.07) is 0.526. The number of nitrogens with zero attached hydrogens (tertiary/aromatic N) is 3. The Labute approximate surface area is 107 Å². The van der Waals surface area contributed by atoms with Gasteiger partial charge in [0.2, 0.25) is 11.7 Å². The van der Waals surface area contributed by atoms with Crippen LogP contribution in [0, 0.1) is 0 Å². The van der Waals surface area contributed by atoms with Crippen molar-refractivity contribution in [3.63, 3.8) is 0 Å². The lowest BCUT2D eigenvalue weighted by Gasteiger charge is -2.34. The maximum atomic E-state index is 5.75. The zero-order valence-corrected chi connectivity index (χ0v) is 10.9. The van der Waals surface area contributed by atoms with Gasteiger partial charge in [0.15, 0.2) is 0 Å². The summed E-state index contributed by atoms with van der Waals surface area (Å²) < 4.78 is 11.1. The van der Waals surface area contributed by atoms with E-state index in [4.69, 9.17) is 9.26 Å². The van der Waals surface area contributed by atoms with Crippen molar-refractivity contribution in [1.29, 1.82) is 0 Å². The van der Waals surface area contributed by atoms with Crippen LogP contribution in [0.25, 0.3) is 0 Å². The molecule has 3 rings (SSSR count). The molecule has 1 aromatic heterocycles. The summed E-state index contributed by atoms with van der Waals surface area (Å²) in [6.45, 7) is 8.83. The lowest BCUT2D eigenvalue weighted by Crippen LogP contribution is -2.42. The molecule has 6 nitrogen and oxygen atoms in total. The third kappa shape index (κ3) is 2.28. The van der Waals surface area contributed by atoms with Gasteiger partial charge in [-0.3, -0.25) is 4.90 Å². The molecule has 0 spiro atoms. The third-order valence-electron chi connectivity index (χ3n) is 3.70. The largest absolute Gasteiger partial charge is 0.367 e. The molecule has 0 aromatic carbocycles. The van der Waals surface area contributed by atoms with Crippen molar-refractivity contribution in [2.24, 2.45) is 0 Å². The molecule has 0 bridgehead atoms. The monoisotopic (exact) mass is 252 g/mol. The van der Waals surface area contributed by atoms with Crippen LogP contribution in [-0.2, 0) is 4.74 Å². The molecule has 0 saturated carbocycles. The summed E-state index contributed by atoms with van der Waals surface area (Å²) >= 11 is 0. The molecule has 1 unspecified atom stereocenters. The Morgan fingerprint density at radius 3 is 2.89 bits per heavy atom. The molecule has 6 heteroatoms. The minimum Gasteiger partial charge on any atom is -0.367 e. The van der Waals surface area contributed by atoms with Crippen LogP contribution in [-0.4, -0.2) is 53.9 Å². The van der Waals surface area contributed by atoms with Gasteiger partial charge in [0.1, 0.15) is 6.10 Å². The second-order valence-corrected chi connectivity index (χ2v) is 5.29. The lowest BCUT2D eigenvalue weighted by atomic mass is 10.0. The minimum atomic E-state index is -0.0494. The van der Waals surface area contributed by atoms with Gasteiger partial charge in [0, 0.05) is 32.2 Å². The number of aromatic nitrogens is 2. The van der Waals surface area contributed by atoms with E-state index in [0.717, 1.165) is 38.7 Å². The molecular formula is C12H20N4O2. The van der Waals surface area contributed by atoms with Gasteiger partial charge in [-0.2, -0.15) is 4.98 Å². The van der Waals surface area contributed by atoms with E-state index >= 15 is 0 Å². The number of hydrogen-bond acceptors (Lipinski definition) is 6. The van der Waals surface area contributed by atoms with Crippen LogP contribution in [0.3, 0.4) is 0 Å². The second kappa shape index (κ2) is 4.95. The number of ether oxygens (including phenoxy) is 1. The molecule has 3 heterocycles. The van der Waals surface area contributed by atoms with E-state index in [0.29, 0.717) is 17.8 Å². The predicted octanol–water partition coefficient (Wildman–Crippen LogP) is 0.538. The maximum absolute atomic E-state index is 5.75. The molecule has 2 fully saturated rings. The first-order valence-electron chi connectivity index (χ1n) is 6.64. The summed E-state index contributed by atoms with van der Waals surface area (Å²) in [5.41, 5.74) is 0. The normalized spacial score (nSPS) is 26.5. The molecule has 0 aliphatic carbocycles. The van der Waals surface area contributed by atoms with E-state index in [9.17, 15) is 0 Å². The fourth-order valence-corrected chi connectivity index (χ4v) is 2.30. The van der Waals surface area contributed by atoms with Crippen LogP contribution in [0.4, 0.5) is 0 Å². The van der Waals surface area contributed by atoms with Gasteiger partial charge < -0.3 is 14.6 Å². The molecule has 18 heavy (non-hydrogen) atoms. The van der Waals surface area contributed by atoms with E-state index < -0.39 is 0 Å². The first-order chi connectivity index (χ1) is 8.74. The van der Waals surface area contributed by atoms with Crippen LogP contribution in [0.1, 0.15) is 37.6 Å². The molecule has 1 atom stereocenters. The maximum Gasteiger partial charge on any atom is 0.232 e. The van der Waals surface area contributed by atoms with Gasteiger partial charge in [-0.25, -0.2) is 0 Å². The van der Waals surface area contributed by atoms with Crippen LogP contribution in [0.5, 0.6) is 0 Å². The summed E-state index contributed by atoms with van der Waals surface area (Å²) in [6.07, 6.45) is -0.0494. The van der Waals surface area contributed by atoms with Gasteiger partial charge in [-0.15, -0.1) is 0 Å². The van der Waals surface area contributed by atoms with Gasteiger partial charge in [0.05, 0.1) is 12.5 Å². The Morgan fingerprint density at radius 1 is 1.39 bits per heavy atom. The SMILES string of the molecule is CC(C)N1CCOC(c2noc(C3CNC3)n2)C1. The van der Waals surface area contributed by atoms with Crippen molar-refractivity contribution >= 4 is 0 Å². The molecule has 100 valence electrons.